The van der Waals surface area contributed by atoms with Crippen LogP contribution in [0.25, 0.3) is 0 Å². The van der Waals surface area contributed by atoms with Gasteiger partial charge in [-0.1, -0.05) is 6.07 Å². The molecule has 1 aliphatic heterocycles. The molecule has 3 rings (SSSR count). The summed E-state index contributed by atoms with van der Waals surface area (Å²) in [4.78, 5) is 26.2. The molecule has 146 valence electrons. The third-order valence-corrected chi connectivity index (χ3v) is 4.50. The van der Waals surface area contributed by atoms with Crippen molar-refractivity contribution in [1.82, 2.24) is 9.91 Å². The van der Waals surface area contributed by atoms with E-state index in [1.807, 2.05) is 0 Å². The maximum absolute atomic E-state index is 12.9. The number of methoxy groups -OCH3 is 1. The van der Waals surface area contributed by atoms with E-state index in [4.69, 9.17) is 4.74 Å². The van der Waals surface area contributed by atoms with Crippen LogP contribution in [0.15, 0.2) is 23.3 Å². The van der Waals surface area contributed by atoms with Crippen molar-refractivity contribution in [2.45, 2.75) is 44.9 Å². The number of rotatable bonds is 7. The molecule has 1 aliphatic carbocycles. The number of hydrazone groups is 1. The molecule has 27 heavy (non-hydrogen) atoms. The van der Waals surface area contributed by atoms with Gasteiger partial charge in [0.2, 0.25) is 5.91 Å². The number of nitrogens with zero attached hydrogens (tertiary/aromatic N) is 3. The van der Waals surface area contributed by atoms with Crippen molar-refractivity contribution in [3.05, 3.63) is 23.8 Å². The second-order valence-electron chi connectivity index (χ2n) is 6.49. The summed E-state index contributed by atoms with van der Waals surface area (Å²) in [7, 11) is 2.90. The van der Waals surface area contributed by atoms with Crippen molar-refractivity contribution in [3.63, 3.8) is 0 Å². The summed E-state index contributed by atoms with van der Waals surface area (Å²) in [6.07, 6.45) is 2.37. The summed E-state index contributed by atoms with van der Waals surface area (Å²) in [5.41, 5.74) is 1.09. The van der Waals surface area contributed by atoms with Gasteiger partial charge in [0.1, 0.15) is 5.71 Å². The Morgan fingerprint density at radius 1 is 1.33 bits per heavy atom. The van der Waals surface area contributed by atoms with Gasteiger partial charge in [-0.25, -0.2) is 5.01 Å². The Morgan fingerprint density at radius 2 is 2.07 bits per heavy atom. The highest BCUT2D eigenvalue weighted by Gasteiger charge is 2.36. The molecule has 0 radical (unpaired) electrons. The Kier molecular flexibility index (Phi) is 5.57. The minimum atomic E-state index is -2.95. The van der Waals surface area contributed by atoms with Crippen molar-refractivity contribution in [3.8, 4) is 11.5 Å². The molecule has 1 saturated carbocycles. The zero-order chi connectivity index (χ0) is 19.6. The second-order valence-corrected chi connectivity index (χ2v) is 6.49. The summed E-state index contributed by atoms with van der Waals surface area (Å²) in [6.45, 7) is -2.65. The molecule has 0 unspecified atom stereocenters. The second kappa shape index (κ2) is 7.89. The van der Waals surface area contributed by atoms with Crippen molar-refractivity contribution in [1.29, 1.82) is 0 Å². The zero-order valence-corrected chi connectivity index (χ0v) is 15.2. The van der Waals surface area contributed by atoms with Crippen LogP contribution in [-0.2, 0) is 16.1 Å². The van der Waals surface area contributed by atoms with E-state index in [-0.39, 0.29) is 35.8 Å². The van der Waals surface area contributed by atoms with Crippen LogP contribution in [0.1, 0.15) is 31.2 Å². The van der Waals surface area contributed by atoms with E-state index in [0.717, 1.165) is 18.4 Å². The Morgan fingerprint density at radius 3 is 2.67 bits per heavy atom. The number of alkyl halides is 2. The SMILES string of the molecule is COc1cc(CN(C(=O)C2=NN(C)C(=O)CC2)C2CC2)ccc1OC(F)F. The standard InChI is InChI=1S/C18H21F2N3O4/c1-22-16(24)8-6-13(21-22)17(25)23(12-4-5-12)10-11-3-7-14(27-18(19)20)15(9-11)26-2/h3,7,9,12,18H,4-6,8,10H2,1-2H3. The van der Waals surface area contributed by atoms with Gasteiger partial charge in [-0.3, -0.25) is 9.59 Å². The first-order valence-electron chi connectivity index (χ1n) is 8.65. The number of ether oxygens (including phenoxy) is 2. The van der Waals surface area contributed by atoms with Crippen molar-refractivity contribution in [2.75, 3.05) is 14.2 Å². The van der Waals surface area contributed by atoms with Gasteiger partial charge in [-0.2, -0.15) is 13.9 Å². The number of benzene rings is 1. The van der Waals surface area contributed by atoms with E-state index in [1.54, 1.807) is 17.0 Å². The monoisotopic (exact) mass is 381 g/mol. The van der Waals surface area contributed by atoms with Gasteiger partial charge in [0.25, 0.3) is 5.91 Å². The number of amides is 2. The molecule has 0 bridgehead atoms. The quantitative estimate of drug-likeness (QED) is 0.727. The lowest BCUT2D eigenvalue weighted by molar-refractivity contribution is -0.130. The molecule has 1 aromatic rings. The maximum Gasteiger partial charge on any atom is 0.387 e. The lowest BCUT2D eigenvalue weighted by atomic mass is 10.1. The maximum atomic E-state index is 12.9. The van der Waals surface area contributed by atoms with E-state index in [0.29, 0.717) is 18.7 Å². The van der Waals surface area contributed by atoms with Crippen molar-refractivity contribution in [2.24, 2.45) is 5.10 Å². The van der Waals surface area contributed by atoms with Crippen LogP contribution in [0.3, 0.4) is 0 Å². The highest BCUT2D eigenvalue weighted by atomic mass is 19.3. The number of halogens is 2. The van der Waals surface area contributed by atoms with E-state index in [9.17, 15) is 18.4 Å². The van der Waals surface area contributed by atoms with Crippen LogP contribution < -0.4 is 9.47 Å². The van der Waals surface area contributed by atoms with Crippen LogP contribution >= 0.6 is 0 Å². The zero-order valence-electron chi connectivity index (χ0n) is 15.2. The van der Waals surface area contributed by atoms with E-state index < -0.39 is 6.61 Å². The van der Waals surface area contributed by atoms with Gasteiger partial charge in [0.15, 0.2) is 11.5 Å². The van der Waals surface area contributed by atoms with Gasteiger partial charge >= 0.3 is 6.61 Å². The van der Waals surface area contributed by atoms with Crippen molar-refractivity contribution >= 4 is 17.5 Å². The fourth-order valence-electron chi connectivity index (χ4n) is 2.94. The van der Waals surface area contributed by atoms with Crippen LogP contribution in [0.2, 0.25) is 0 Å². The number of carbonyl (C=O) groups excluding carboxylic acids is 2. The average molecular weight is 381 g/mol. The number of carbonyl (C=O) groups is 2. The first-order valence-corrected chi connectivity index (χ1v) is 8.65. The van der Waals surface area contributed by atoms with Gasteiger partial charge in [-0.05, 0) is 30.5 Å². The third kappa shape index (κ3) is 4.53. The van der Waals surface area contributed by atoms with Crippen LogP contribution in [-0.4, -0.2) is 54.2 Å². The third-order valence-electron chi connectivity index (χ3n) is 4.50. The van der Waals surface area contributed by atoms with Crippen molar-refractivity contribution < 1.29 is 27.8 Å². The van der Waals surface area contributed by atoms with E-state index >= 15 is 0 Å². The summed E-state index contributed by atoms with van der Waals surface area (Å²) in [5.74, 6) is -0.207. The molecule has 0 atom stereocenters. The van der Waals surface area contributed by atoms with E-state index in [2.05, 4.69) is 9.84 Å². The summed E-state index contributed by atoms with van der Waals surface area (Å²) < 4.78 is 34.5. The molecule has 2 amide bonds. The number of hydrogen-bond acceptors (Lipinski definition) is 5. The Hall–Kier alpha value is -2.71. The minimum absolute atomic E-state index is 0.0580. The fraction of sp³-hybridized carbons (Fsp3) is 0.500. The Labute approximate surface area is 155 Å². The Balaban J connectivity index is 1.78. The molecule has 0 N–H and O–H groups in total. The molecule has 2 aliphatic rings. The molecule has 0 saturated heterocycles. The molecule has 1 aromatic carbocycles. The lowest BCUT2D eigenvalue weighted by Gasteiger charge is -2.26. The van der Waals surface area contributed by atoms with Gasteiger partial charge in [0.05, 0.1) is 7.11 Å². The molecule has 7 nitrogen and oxygen atoms in total. The smallest absolute Gasteiger partial charge is 0.387 e. The fourth-order valence-corrected chi connectivity index (χ4v) is 2.94. The first-order chi connectivity index (χ1) is 12.9. The van der Waals surface area contributed by atoms with Gasteiger partial charge < -0.3 is 14.4 Å². The van der Waals surface area contributed by atoms with Gasteiger partial charge in [0, 0.05) is 32.5 Å². The Bertz CT molecular complexity index is 765. The van der Waals surface area contributed by atoms with Crippen LogP contribution in [0.5, 0.6) is 11.5 Å². The summed E-state index contributed by atoms with van der Waals surface area (Å²) >= 11 is 0. The highest BCUT2D eigenvalue weighted by molar-refractivity contribution is 6.39. The molecular weight excluding hydrogens is 360 g/mol. The average Bonchev–Trinajstić information content (AvgIpc) is 3.47. The largest absolute Gasteiger partial charge is 0.493 e. The molecule has 0 aromatic heterocycles. The molecule has 1 heterocycles. The molecule has 9 heteroatoms. The topological polar surface area (TPSA) is 71.4 Å². The highest BCUT2D eigenvalue weighted by Crippen LogP contribution is 2.33. The normalized spacial score (nSPS) is 17.0. The van der Waals surface area contributed by atoms with Gasteiger partial charge in [-0.15, -0.1) is 0 Å². The number of hydrogen-bond donors (Lipinski definition) is 0. The van der Waals surface area contributed by atoms with E-state index in [1.165, 1.54) is 25.2 Å². The van der Waals surface area contributed by atoms with Crippen LogP contribution in [0, 0.1) is 0 Å². The summed E-state index contributed by atoms with van der Waals surface area (Å²) in [5, 5.41) is 5.29. The molecule has 0 spiro atoms. The van der Waals surface area contributed by atoms with Crippen LogP contribution in [0.4, 0.5) is 8.78 Å². The summed E-state index contributed by atoms with van der Waals surface area (Å²) in [6, 6.07) is 4.73. The molecular formula is C18H21F2N3O4. The lowest BCUT2D eigenvalue weighted by Crippen LogP contribution is -2.41. The first kappa shape index (κ1) is 19.1. The predicted molar refractivity (Wildman–Crippen MR) is 92.6 cm³/mol. The molecule has 1 fully saturated rings. The predicted octanol–water partition coefficient (Wildman–Crippen LogP) is 2.40. The minimum Gasteiger partial charge on any atom is -0.493 e.